The van der Waals surface area contributed by atoms with Gasteiger partial charge in [0.15, 0.2) is 0 Å². The Morgan fingerprint density at radius 3 is 2.35 bits per heavy atom. The summed E-state index contributed by atoms with van der Waals surface area (Å²) in [5, 5.41) is 6.40. The fraction of sp³-hybridized carbons (Fsp3) is 0.0417. The molecule has 8 nitrogen and oxygen atoms in total. The molecule has 3 amide bonds. The predicted molar refractivity (Wildman–Crippen MR) is 135 cm³/mol. The second-order valence-electron chi connectivity index (χ2n) is 7.16. The van der Waals surface area contributed by atoms with Crippen LogP contribution in [-0.4, -0.2) is 29.5 Å². The van der Waals surface area contributed by atoms with Gasteiger partial charge in [0.25, 0.3) is 5.91 Å². The smallest absolute Gasteiger partial charge is 0.328 e. The van der Waals surface area contributed by atoms with E-state index >= 15 is 0 Å². The van der Waals surface area contributed by atoms with E-state index in [1.54, 1.807) is 72.8 Å². The van der Waals surface area contributed by atoms with Crippen molar-refractivity contribution < 1.29 is 19.1 Å². The summed E-state index contributed by atoms with van der Waals surface area (Å²) in [5.41, 5.74) is 4.03. The third kappa shape index (κ3) is 5.22. The molecule has 172 valence electrons. The lowest BCUT2D eigenvalue weighted by molar-refractivity contribution is -0.133. The number of rotatable bonds is 5. The number of hydrogen-bond acceptors (Lipinski definition) is 4. The number of amides is 3. The number of hydrogen-bond donors (Lipinski definition) is 3. The van der Waals surface area contributed by atoms with Gasteiger partial charge in [-0.2, -0.15) is 0 Å². The molecule has 34 heavy (non-hydrogen) atoms. The molecular formula is C24H18BrClN4O4. The maximum atomic E-state index is 13.1. The number of fused-ring (bicyclic) bond motifs is 1. The number of methoxy groups -OCH3 is 1. The van der Waals surface area contributed by atoms with Crippen molar-refractivity contribution in [3.8, 4) is 5.75 Å². The first kappa shape index (κ1) is 23.3. The lowest BCUT2D eigenvalue weighted by Gasteiger charge is -2.13. The molecule has 3 aromatic carbocycles. The van der Waals surface area contributed by atoms with Crippen LogP contribution in [0.1, 0.15) is 10.5 Å². The molecule has 0 saturated carbocycles. The molecule has 0 saturated heterocycles. The van der Waals surface area contributed by atoms with Gasteiger partial charge in [0.05, 0.1) is 12.6 Å². The van der Waals surface area contributed by atoms with Crippen molar-refractivity contribution >= 4 is 67.5 Å². The number of ether oxygens (including phenoxy) is 1. The Morgan fingerprint density at radius 1 is 0.882 bits per heavy atom. The zero-order chi connectivity index (χ0) is 24.2. The summed E-state index contributed by atoms with van der Waals surface area (Å²) in [4.78, 5) is 38.3. The highest BCUT2D eigenvalue weighted by molar-refractivity contribution is 9.10. The molecule has 4 aromatic rings. The Hall–Kier alpha value is -3.82. The molecule has 0 fully saturated rings. The van der Waals surface area contributed by atoms with Crippen molar-refractivity contribution in [3.63, 3.8) is 0 Å². The Balaban J connectivity index is 1.61. The highest BCUT2D eigenvalue weighted by Gasteiger charge is 2.21. The van der Waals surface area contributed by atoms with E-state index in [1.807, 2.05) is 0 Å². The van der Waals surface area contributed by atoms with Crippen LogP contribution in [0, 0.1) is 0 Å². The highest BCUT2D eigenvalue weighted by Crippen LogP contribution is 2.24. The van der Waals surface area contributed by atoms with Crippen LogP contribution in [0.5, 0.6) is 5.75 Å². The number of nitrogens with one attached hydrogen (secondary N) is 3. The van der Waals surface area contributed by atoms with Crippen LogP contribution in [0.4, 0.5) is 11.4 Å². The highest BCUT2D eigenvalue weighted by atomic mass is 79.9. The Morgan fingerprint density at radius 2 is 1.62 bits per heavy atom. The molecule has 1 aromatic heterocycles. The summed E-state index contributed by atoms with van der Waals surface area (Å²) in [6, 6.07) is 20.2. The predicted octanol–water partition coefficient (Wildman–Crippen LogP) is 5.03. The second kappa shape index (κ2) is 9.98. The molecule has 0 aliphatic carbocycles. The standard InChI is InChI=1S/C24H18BrClN4O4/c1-34-19-7-3-6-18(13-19)28-23(32)24(33)29-30-20-9-8-15(25)10-14(20)11-21(30)22(31)27-17-5-2-4-16(26)12-17/h2-13H,1H3,(H,27,31)(H,28,32)(H,29,33). The van der Waals surface area contributed by atoms with Gasteiger partial charge < -0.3 is 15.4 Å². The maximum absolute atomic E-state index is 13.1. The molecule has 0 bridgehead atoms. The Bertz CT molecular complexity index is 1420. The summed E-state index contributed by atoms with van der Waals surface area (Å²) in [6.45, 7) is 0. The van der Waals surface area contributed by atoms with E-state index in [2.05, 4.69) is 32.0 Å². The van der Waals surface area contributed by atoms with Crippen LogP contribution >= 0.6 is 27.5 Å². The van der Waals surface area contributed by atoms with Gasteiger partial charge in [0, 0.05) is 32.3 Å². The number of aromatic nitrogens is 1. The Labute approximate surface area is 207 Å². The van der Waals surface area contributed by atoms with Gasteiger partial charge in [0.1, 0.15) is 11.4 Å². The van der Waals surface area contributed by atoms with Gasteiger partial charge in [-0.1, -0.05) is 39.7 Å². The van der Waals surface area contributed by atoms with E-state index in [0.29, 0.717) is 33.0 Å². The van der Waals surface area contributed by atoms with Crippen molar-refractivity contribution in [2.75, 3.05) is 23.2 Å². The summed E-state index contributed by atoms with van der Waals surface area (Å²) >= 11 is 9.41. The van der Waals surface area contributed by atoms with Crippen molar-refractivity contribution in [2.24, 2.45) is 0 Å². The average molecular weight is 542 g/mol. The SMILES string of the molecule is COc1cccc(NC(=O)C(=O)Nn2c(C(=O)Nc3cccc(Cl)c3)cc3cc(Br)ccc32)c1. The molecule has 0 aliphatic heterocycles. The first-order chi connectivity index (χ1) is 16.3. The van der Waals surface area contributed by atoms with Crippen molar-refractivity contribution in [3.05, 3.63) is 88.0 Å². The zero-order valence-electron chi connectivity index (χ0n) is 17.8. The van der Waals surface area contributed by atoms with Gasteiger partial charge in [0.2, 0.25) is 0 Å². The summed E-state index contributed by atoms with van der Waals surface area (Å²) in [7, 11) is 1.50. The average Bonchev–Trinajstić information content (AvgIpc) is 3.16. The molecule has 3 N–H and O–H groups in total. The van der Waals surface area contributed by atoms with Gasteiger partial charge in [-0.05, 0) is 54.6 Å². The van der Waals surface area contributed by atoms with Gasteiger partial charge in [-0.15, -0.1) is 0 Å². The van der Waals surface area contributed by atoms with Gasteiger partial charge >= 0.3 is 11.8 Å². The molecule has 0 aliphatic rings. The molecule has 10 heteroatoms. The lowest BCUT2D eigenvalue weighted by Crippen LogP contribution is -2.36. The van der Waals surface area contributed by atoms with E-state index < -0.39 is 17.7 Å². The molecular weight excluding hydrogens is 524 g/mol. The van der Waals surface area contributed by atoms with Crippen molar-refractivity contribution in [1.82, 2.24) is 4.68 Å². The van der Waals surface area contributed by atoms with Crippen molar-refractivity contribution in [1.29, 1.82) is 0 Å². The maximum Gasteiger partial charge on any atom is 0.328 e. The van der Waals surface area contributed by atoms with Crippen LogP contribution < -0.4 is 20.8 Å². The monoisotopic (exact) mass is 540 g/mol. The van der Waals surface area contributed by atoms with E-state index in [9.17, 15) is 14.4 Å². The largest absolute Gasteiger partial charge is 0.497 e. The quantitative estimate of drug-likeness (QED) is 0.309. The molecule has 1 heterocycles. The minimum atomic E-state index is -0.958. The van der Waals surface area contributed by atoms with Crippen molar-refractivity contribution in [2.45, 2.75) is 0 Å². The normalized spacial score (nSPS) is 10.6. The third-order valence-electron chi connectivity index (χ3n) is 4.83. The summed E-state index contributed by atoms with van der Waals surface area (Å²) < 4.78 is 7.19. The molecule has 4 rings (SSSR count). The minimum Gasteiger partial charge on any atom is -0.497 e. The number of halogens is 2. The zero-order valence-corrected chi connectivity index (χ0v) is 20.1. The van der Waals surface area contributed by atoms with Crippen LogP contribution in [0.15, 0.2) is 77.3 Å². The first-order valence-corrected chi connectivity index (χ1v) is 11.2. The van der Waals surface area contributed by atoms with Crippen LogP contribution in [0.25, 0.3) is 10.9 Å². The molecule has 0 atom stereocenters. The summed E-state index contributed by atoms with van der Waals surface area (Å²) in [5.74, 6) is -1.84. The number of carbonyl (C=O) groups is 3. The first-order valence-electron chi connectivity index (χ1n) is 9.98. The second-order valence-corrected chi connectivity index (χ2v) is 8.51. The van der Waals surface area contributed by atoms with Gasteiger partial charge in [-0.25, -0.2) is 4.68 Å². The topological polar surface area (TPSA) is 101 Å². The fourth-order valence-corrected chi connectivity index (χ4v) is 3.85. The van der Waals surface area contributed by atoms with E-state index in [4.69, 9.17) is 16.3 Å². The number of benzene rings is 3. The minimum absolute atomic E-state index is 0.121. The molecule has 0 spiro atoms. The molecule has 0 unspecified atom stereocenters. The van der Waals surface area contributed by atoms with Gasteiger partial charge in [-0.3, -0.25) is 19.8 Å². The van der Waals surface area contributed by atoms with E-state index in [-0.39, 0.29) is 5.69 Å². The van der Waals surface area contributed by atoms with E-state index in [1.165, 1.54) is 11.8 Å². The van der Waals surface area contributed by atoms with Crippen LogP contribution in [-0.2, 0) is 9.59 Å². The number of nitrogens with zero attached hydrogens (tertiary/aromatic N) is 1. The van der Waals surface area contributed by atoms with Crippen LogP contribution in [0.2, 0.25) is 5.02 Å². The molecule has 0 radical (unpaired) electrons. The summed E-state index contributed by atoms with van der Waals surface area (Å²) in [6.07, 6.45) is 0. The Kier molecular flexibility index (Phi) is 6.85. The number of carbonyl (C=O) groups excluding carboxylic acids is 3. The third-order valence-corrected chi connectivity index (χ3v) is 5.55. The lowest BCUT2D eigenvalue weighted by atomic mass is 10.2. The van der Waals surface area contributed by atoms with Crippen LogP contribution in [0.3, 0.4) is 0 Å². The number of anilines is 2. The van der Waals surface area contributed by atoms with E-state index in [0.717, 1.165) is 4.47 Å². The fourth-order valence-electron chi connectivity index (χ4n) is 3.28.